The second kappa shape index (κ2) is 8.48. The first kappa shape index (κ1) is 20.6. The number of amides is 3. The quantitative estimate of drug-likeness (QED) is 0.693. The molecule has 1 aliphatic heterocycles. The molecule has 9 heteroatoms. The Bertz CT molecular complexity index is 980. The van der Waals surface area contributed by atoms with E-state index in [4.69, 9.17) is 16.3 Å². The third-order valence-corrected chi connectivity index (χ3v) is 4.63. The van der Waals surface area contributed by atoms with E-state index in [2.05, 4.69) is 16.0 Å². The zero-order valence-corrected chi connectivity index (χ0v) is 16.5. The van der Waals surface area contributed by atoms with Crippen molar-refractivity contribution < 1.29 is 23.5 Å². The summed E-state index contributed by atoms with van der Waals surface area (Å²) in [5.41, 5.74) is 0.511. The first-order valence-corrected chi connectivity index (χ1v) is 9.26. The number of anilines is 2. The zero-order valence-electron chi connectivity index (χ0n) is 15.7. The molecule has 0 aromatic heterocycles. The monoisotopic (exact) mass is 419 g/mol. The molecule has 0 saturated heterocycles. The molecule has 0 saturated carbocycles. The van der Waals surface area contributed by atoms with Crippen molar-refractivity contribution in [3.05, 3.63) is 52.8 Å². The van der Waals surface area contributed by atoms with E-state index in [1.54, 1.807) is 13.8 Å². The van der Waals surface area contributed by atoms with E-state index in [9.17, 15) is 18.8 Å². The summed E-state index contributed by atoms with van der Waals surface area (Å²) in [6, 6.07) is 7.54. The molecule has 29 heavy (non-hydrogen) atoms. The van der Waals surface area contributed by atoms with Crippen LogP contribution in [0.5, 0.6) is 5.75 Å². The highest BCUT2D eigenvalue weighted by Crippen LogP contribution is 2.36. The van der Waals surface area contributed by atoms with Crippen molar-refractivity contribution in [3.8, 4) is 5.75 Å². The van der Waals surface area contributed by atoms with Crippen molar-refractivity contribution in [3.63, 3.8) is 0 Å². The first-order valence-electron chi connectivity index (χ1n) is 8.88. The van der Waals surface area contributed by atoms with E-state index in [1.807, 2.05) is 0 Å². The molecule has 1 unspecified atom stereocenters. The van der Waals surface area contributed by atoms with Crippen LogP contribution in [0.15, 0.2) is 36.4 Å². The number of halogens is 2. The van der Waals surface area contributed by atoms with Crippen LogP contribution in [0.4, 0.5) is 15.8 Å². The molecule has 0 aliphatic carbocycles. The number of ether oxygens (including phenoxy) is 1. The lowest BCUT2D eigenvalue weighted by Gasteiger charge is -2.23. The molecule has 2 aromatic rings. The number of rotatable bonds is 5. The standard InChI is InChI=1S/C20H19ClFN3O4/c1-10(2)18(25-19(27)11-5-3-4-6-13(11)22)20(28)24-14-8-16-15(7-12(14)21)23-17(26)9-29-16/h3-8,10,18H,9H2,1-2H3,(H,23,26)(H,24,28)(H,25,27). The third kappa shape index (κ3) is 4.65. The van der Waals surface area contributed by atoms with E-state index < -0.39 is 23.7 Å². The summed E-state index contributed by atoms with van der Waals surface area (Å²) in [5, 5.41) is 8.02. The average molecular weight is 420 g/mol. The lowest BCUT2D eigenvalue weighted by atomic mass is 10.0. The molecule has 3 amide bonds. The smallest absolute Gasteiger partial charge is 0.262 e. The van der Waals surface area contributed by atoms with E-state index in [0.29, 0.717) is 11.4 Å². The minimum atomic E-state index is -0.935. The van der Waals surface area contributed by atoms with Crippen molar-refractivity contribution in [2.45, 2.75) is 19.9 Å². The molecule has 3 rings (SSSR count). The fourth-order valence-corrected chi connectivity index (χ4v) is 3.02. The van der Waals surface area contributed by atoms with Crippen molar-refractivity contribution in [2.24, 2.45) is 5.92 Å². The highest BCUT2D eigenvalue weighted by Gasteiger charge is 2.27. The molecular weight excluding hydrogens is 401 g/mol. The second-order valence-corrected chi connectivity index (χ2v) is 7.24. The number of benzene rings is 2. The Hall–Kier alpha value is -3.13. The normalized spacial score (nSPS) is 13.8. The fraction of sp³-hybridized carbons (Fsp3) is 0.250. The van der Waals surface area contributed by atoms with Crippen LogP contribution in [0.1, 0.15) is 24.2 Å². The lowest BCUT2D eigenvalue weighted by Crippen LogP contribution is -2.47. The van der Waals surface area contributed by atoms with E-state index in [1.165, 1.54) is 36.4 Å². The van der Waals surface area contributed by atoms with Crippen LogP contribution in [0.2, 0.25) is 5.02 Å². The molecule has 3 N–H and O–H groups in total. The fourth-order valence-electron chi connectivity index (χ4n) is 2.81. The molecule has 0 fully saturated rings. The van der Waals surface area contributed by atoms with Crippen LogP contribution in [0.25, 0.3) is 0 Å². The summed E-state index contributed by atoms with van der Waals surface area (Å²) in [5.74, 6) is -2.12. The van der Waals surface area contributed by atoms with Gasteiger partial charge in [0.2, 0.25) is 5.91 Å². The first-order chi connectivity index (χ1) is 13.8. The molecule has 152 valence electrons. The molecule has 0 spiro atoms. The summed E-state index contributed by atoms with van der Waals surface area (Å²) in [6.45, 7) is 3.35. The molecule has 0 radical (unpaired) electrons. The average Bonchev–Trinajstić information content (AvgIpc) is 2.66. The van der Waals surface area contributed by atoms with Gasteiger partial charge in [0.05, 0.1) is 22.0 Å². The Morgan fingerprint density at radius 2 is 1.97 bits per heavy atom. The van der Waals surface area contributed by atoms with Gasteiger partial charge in [0, 0.05) is 6.07 Å². The third-order valence-electron chi connectivity index (χ3n) is 4.31. The van der Waals surface area contributed by atoms with Crippen molar-refractivity contribution in [1.82, 2.24) is 5.32 Å². The predicted octanol–water partition coefficient (Wildman–Crippen LogP) is 3.20. The maximum absolute atomic E-state index is 13.9. The number of hydrogen-bond acceptors (Lipinski definition) is 4. The summed E-state index contributed by atoms with van der Waals surface area (Å²) in [7, 11) is 0. The Kier molecular flexibility index (Phi) is 6.03. The highest BCUT2D eigenvalue weighted by atomic mass is 35.5. The number of nitrogens with one attached hydrogen (secondary N) is 3. The van der Waals surface area contributed by atoms with E-state index >= 15 is 0 Å². The SMILES string of the molecule is CC(C)C(NC(=O)c1ccccc1F)C(=O)Nc1cc2c(cc1Cl)NC(=O)CO2. The van der Waals surface area contributed by atoms with Crippen LogP contribution in [0.3, 0.4) is 0 Å². The van der Waals surface area contributed by atoms with Gasteiger partial charge in [0.15, 0.2) is 6.61 Å². The molecule has 1 atom stereocenters. The largest absolute Gasteiger partial charge is 0.482 e. The second-order valence-electron chi connectivity index (χ2n) is 6.83. The van der Waals surface area contributed by atoms with Gasteiger partial charge in [-0.2, -0.15) is 0 Å². The van der Waals surface area contributed by atoms with Gasteiger partial charge >= 0.3 is 0 Å². The van der Waals surface area contributed by atoms with Crippen molar-refractivity contribution >= 4 is 40.7 Å². The molecule has 1 aliphatic rings. The zero-order chi connectivity index (χ0) is 21.1. The Balaban J connectivity index is 1.77. The number of hydrogen-bond donors (Lipinski definition) is 3. The molecule has 1 heterocycles. The summed E-state index contributed by atoms with van der Waals surface area (Å²) < 4.78 is 19.2. The minimum absolute atomic E-state index is 0.144. The van der Waals surface area contributed by atoms with Gasteiger partial charge in [-0.15, -0.1) is 0 Å². The van der Waals surface area contributed by atoms with Crippen LogP contribution >= 0.6 is 11.6 Å². The van der Waals surface area contributed by atoms with Crippen LogP contribution in [0, 0.1) is 11.7 Å². The summed E-state index contributed by atoms with van der Waals surface area (Å²) >= 11 is 6.20. The van der Waals surface area contributed by atoms with Gasteiger partial charge in [-0.05, 0) is 24.1 Å². The minimum Gasteiger partial charge on any atom is -0.482 e. The predicted molar refractivity (Wildman–Crippen MR) is 107 cm³/mol. The topological polar surface area (TPSA) is 96.5 Å². The van der Waals surface area contributed by atoms with E-state index in [0.717, 1.165) is 0 Å². The molecule has 0 bridgehead atoms. The van der Waals surface area contributed by atoms with Crippen molar-refractivity contribution in [1.29, 1.82) is 0 Å². The molecular formula is C20H19ClFN3O4. The van der Waals surface area contributed by atoms with Crippen molar-refractivity contribution in [2.75, 3.05) is 17.2 Å². The van der Waals surface area contributed by atoms with Crippen LogP contribution in [-0.2, 0) is 9.59 Å². The number of carbonyl (C=O) groups is 3. The maximum atomic E-state index is 13.9. The molecule has 2 aromatic carbocycles. The van der Waals surface area contributed by atoms with Gasteiger partial charge in [-0.25, -0.2) is 4.39 Å². The van der Waals surface area contributed by atoms with Gasteiger partial charge in [-0.3, -0.25) is 14.4 Å². The number of fused-ring (bicyclic) bond motifs is 1. The Labute approximate surface area is 171 Å². The number of carbonyl (C=O) groups excluding carboxylic acids is 3. The van der Waals surface area contributed by atoms with Gasteiger partial charge in [0.1, 0.15) is 17.6 Å². The van der Waals surface area contributed by atoms with E-state index in [-0.39, 0.29) is 34.7 Å². The summed E-state index contributed by atoms with van der Waals surface area (Å²) in [6.07, 6.45) is 0. The maximum Gasteiger partial charge on any atom is 0.262 e. The Morgan fingerprint density at radius 1 is 1.24 bits per heavy atom. The Morgan fingerprint density at radius 3 is 2.66 bits per heavy atom. The molecule has 7 nitrogen and oxygen atoms in total. The van der Waals surface area contributed by atoms with Crippen LogP contribution < -0.4 is 20.7 Å². The van der Waals surface area contributed by atoms with Crippen LogP contribution in [-0.4, -0.2) is 30.4 Å². The highest BCUT2D eigenvalue weighted by molar-refractivity contribution is 6.34. The van der Waals surface area contributed by atoms with Gasteiger partial charge in [0.25, 0.3) is 11.8 Å². The lowest BCUT2D eigenvalue weighted by molar-refractivity contribution is -0.119. The van der Waals surface area contributed by atoms with Gasteiger partial charge < -0.3 is 20.7 Å². The summed E-state index contributed by atoms with van der Waals surface area (Å²) in [4.78, 5) is 36.6. The van der Waals surface area contributed by atoms with Gasteiger partial charge in [-0.1, -0.05) is 37.6 Å².